The average molecular weight is 431 g/mol. The lowest BCUT2D eigenvalue weighted by Crippen LogP contribution is -2.18. The van der Waals surface area contributed by atoms with Gasteiger partial charge < -0.3 is 4.57 Å². The van der Waals surface area contributed by atoms with E-state index in [1.54, 1.807) is 0 Å². The van der Waals surface area contributed by atoms with E-state index in [0.717, 1.165) is 10.9 Å². The Morgan fingerprint density at radius 1 is 1.27 bits per heavy atom. The first kappa shape index (κ1) is 20.7. The van der Waals surface area contributed by atoms with Crippen LogP contribution in [0.4, 0.5) is 13.2 Å². The molecule has 0 unspecified atom stereocenters. The Labute approximate surface area is 156 Å². The summed E-state index contributed by atoms with van der Waals surface area (Å²) in [6.07, 6.45) is -3.77. The van der Waals surface area contributed by atoms with Crippen molar-refractivity contribution in [3.63, 3.8) is 0 Å². The van der Waals surface area contributed by atoms with Crippen molar-refractivity contribution >= 4 is 38.8 Å². The van der Waals surface area contributed by atoms with E-state index in [-0.39, 0.29) is 27.3 Å². The minimum Gasteiger partial charge on any atom is -0.319 e. The number of rotatable bonds is 7. The zero-order chi connectivity index (χ0) is 19.5. The summed E-state index contributed by atoms with van der Waals surface area (Å²) in [5.41, 5.74) is -0.357. The number of nitrogens with zero attached hydrogens (tertiary/aromatic N) is 2. The molecule has 0 amide bonds. The molecule has 0 saturated carbocycles. The summed E-state index contributed by atoms with van der Waals surface area (Å²) >= 11 is 11.6. The first-order valence-electron chi connectivity index (χ1n) is 6.92. The Morgan fingerprint density at radius 2 is 1.96 bits per heavy atom. The molecule has 12 heteroatoms. The maximum atomic E-state index is 12.3. The minimum absolute atomic E-state index is 0.146. The lowest BCUT2D eigenvalue weighted by molar-refractivity contribution is -0.325. The summed E-state index contributed by atoms with van der Waals surface area (Å²) in [7, 11) is -3.99. The highest BCUT2D eigenvalue weighted by Gasteiger charge is 2.29. The summed E-state index contributed by atoms with van der Waals surface area (Å²) < 4.78 is 65.1. The van der Waals surface area contributed by atoms with Crippen LogP contribution in [-0.2, 0) is 21.1 Å². The van der Waals surface area contributed by atoms with Gasteiger partial charge in [0.25, 0.3) is 0 Å². The molecule has 0 bridgehead atoms. The van der Waals surface area contributed by atoms with E-state index in [2.05, 4.69) is 9.72 Å². The molecule has 26 heavy (non-hydrogen) atoms. The van der Waals surface area contributed by atoms with E-state index in [4.69, 9.17) is 23.2 Å². The lowest BCUT2D eigenvalue weighted by atomic mass is 10.3. The molecule has 2 rings (SSSR count). The topological polar surface area (TPSA) is 78.3 Å². The van der Waals surface area contributed by atoms with E-state index in [1.165, 1.54) is 24.3 Å². The molecule has 0 aliphatic heterocycles. The fraction of sp³-hybridized carbons (Fsp3) is 0.286. The number of sulfone groups is 1. The van der Waals surface area contributed by atoms with Gasteiger partial charge in [-0.3, -0.25) is 9.53 Å². The van der Waals surface area contributed by atoms with Crippen LogP contribution >= 0.6 is 23.2 Å². The first-order valence-corrected chi connectivity index (χ1v) is 9.33. The highest BCUT2D eigenvalue weighted by molar-refractivity contribution is 7.92. The highest BCUT2D eigenvalue weighted by atomic mass is 35.5. The van der Waals surface area contributed by atoms with Gasteiger partial charge in [0.15, 0.2) is 15.6 Å². The number of aromatic nitrogens is 2. The van der Waals surface area contributed by atoms with E-state index in [9.17, 15) is 26.4 Å². The largest absolute Gasteiger partial charge is 0.522 e. The van der Waals surface area contributed by atoms with Crippen LogP contribution in [0.3, 0.4) is 0 Å². The van der Waals surface area contributed by atoms with Crippen LogP contribution in [-0.4, -0.2) is 42.5 Å². The fourth-order valence-electron chi connectivity index (χ4n) is 1.95. The normalized spacial score (nSPS) is 12.3. The second-order valence-corrected chi connectivity index (χ2v) is 7.80. The van der Waals surface area contributed by atoms with Crippen molar-refractivity contribution in [2.24, 2.45) is 0 Å². The zero-order valence-corrected chi connectivity index (χ0v) is 15.2. The number of ether oxygens (including phenoxy) is 1. The molecule has 0 radical (unpaired) electrons. The zero-order valence-electron chi connectivity index (χ0n) is 12.8. The monoisotopic (exact) mass is 430 g/mol. The first-order chi connectivity index (χ1) is 12.0. The summed E-state index contributed by atoms with van der Waals surface area (Å²) in [6, 6.07) is 5.37. The molecule has 0 N–H and O–H groups in total. The maximum Gasteiger partial charge on any atom is 0.522 e. The van der Waals surface area contributed by atoms with Gasteiger partial charge >= 0.3 is 6.36 Å². The number of imidazole rings is 1. The highest BCUT2D eigenvalue weighted by Crippen LogP contribution is 2.21. The quantitative estimate of drug-likeness (QED) is 0.629. The second kappa shape index (κ2) is 7.95. The molecule has 6 nitrogen and oxygen atoms in total. The van der Waals surface area contributed by atoms with Crippen LogP contribution in [0.5, 0.6) is 0 Å². The molecule has 0 spiro atoms. The number of hydrogen-bond acceptors (Lipinski definition) is 5. The van der Waals surface area contributed by atoms with Gasteiger partial charge in [0.2, 0.25) is 0 Å². The third kappa shape index (κ3) is 5.44. The van der Waals surface area contributed by atoms with Crippen molar-refractivity contribution in [3.8, 4) is 0 Å². The second-order valence-electron chi connectivity index (χ2n) is 5.01. The van der Waals surface area contributed by atoms with Crippen LogP contribution in [0.15, 0.2) is 35.5 Å². The van der Waals surface area contributed by atoms with E-state index in [0.29, 0.717) is 0 Å². The SMILES string of the molecule is O=C(CS(=O)(=O)c1cccc(Cl)c1)c1ncn(CCOC(F)(F)F)c1Cl. The lowest BCUT2D eigenvalue weighted by Gasteiger charge is -2.08. The Hall–Kier alpha value is -1.62. The van der Waals surface area contributed by atoms with Gasteiger partial charge in [-0.05, 0) is 18.2 Å². The predicted octanol–water partition coefficient (Wildman–Crippen LogP) is 3.38. The van der Waals surface area contributed by atoms with Gasteiger partial charge in [0, 0.05) is 11.6 Å². The van der Waals surface area contributed by atoms with E-state index in [1.807, 2.05) is 0 Å². The number of carbonyl (C=O) groups is 1. The van der Waals surface area contributed by atoms with Crippen molar-refractivity contribution < 1.29 is 31.1 Å². The summed E-state index contributed by atoms with van der Waals surface area (Å²) in [5.74, 6) is -1.81. The van der Waals surface area contributed by atoms with Crippen LogP contribution in [0.1, 0.15) is 10.5 Å². The molecule has 0 aliphatic rings. The summed E-state index contributed by atoms with van der Waals surface area (Å²) in [4.78, 5) is 15.7. The molecule has 0 saturated heterocycles. The molecular formula is C14H11Cl2F3N2O4S. The molecule has 1 heterocycles. The third-order valence-electron chi connectivity index (χ3n) is 3.11. The van der Waals surface area contributed by atoms with Crippen LogP contribution in [0.2, 0.25) is 10.2 Å². The van der Waals surface area contributed by atoms with Gasteiger partial charge in [-0.2, -0.15) is 0 Å². The summed E-state index contributed by atoms with van der Waals surface area (Å²) in [5, 5.41) is -0.0902. The van der Waals surface area contributed by atoms with Crippen molar-refractivity contribution in [2.75, 3.05) is 12.4 Å². The smallest absolute Gasteiger partial charge is 0.319 e. The van der Waals surface area contributed by atoms with Gasteiger partial charge in [0.05, 0.1) is 17.8 Å². The Kier molecular flexibility index (Phi) is 6.33. The molecule has 0 atom stereocenters. The van der Waals surface area contributed by atoms with Crippen molar-refractivity contribution in [3.05, 3.63) is 46.5 Å². The van der Waals surface area contributed by atoms with Crippen LogP contribution in [0, 0.1) is 0 Å². The fourth-order valence-corrected chi connectivity index (χ4v) is 3.73. The third-order valence-corrected chi connectivity index (χ3v) is 5.36. The number of benzene rings is 1. The predicted molar refractivity (Wildman–Crippen MR) is 87.1 cm³/mol. The number of carbonyl (C=O) groups excluding carboxylic acids is 1. The van der Waals surface area contributed by atoms with Crippen molar-refractivity contribution in [1.29, 1.82) is 0 Å². The Balaban J connectivity index is 2.10. The number of alkyl halides is 3. The number of ketones is 1. The van der Waals surface area contributed by atoms with Gasteiger partial charge in [-0.1, -0.05) is 29.3 Å². The van der Waals surface area contributed by atoms with E-state index >= 15 is 0 Å². The Bertz CT molecular complexity index is 913. The standard InChI is InChI=1S/C14H11Cl2F3N2O4S/c15-9-2-1-3-10(6-9)26(23,24)7-11(22)12-13(16)21(8-20-12)4-5-25-14(17,18)19/h1-3,6,8H,4-5,7H2. The van der Waals surface area contributed by atoms with Gasteiger partial charge in [0.1, 0.15) is 16.6 Å². The molecule has 1 aromatic carbocycles. The maximum absolute atomic E-state index is 12.3. The van der Waals surface area contributed by atoms with Crippen LogP contribution < -0.4 is 0 Å². The summed E-state index contributed by atoms with van der Waals surface area (Å²) in [6.45, 7) is -1.06. The minimum atomic E-state index is -4.79. The van der Waals surface area contributed by atoms with Crippen LogP contribution in [0.25, 0.3) is 0 Å². The molecular weight excluding hydrogens is 420 g/mol. The number of Topliss-reactive ketones (excluding diaryl/α,β-unsaturated/α-hetero) is 1. The average Bonchev–Trinajstić information content (AvgIpc) is 2.87. The molecule has 142 valence electrons. The van der Waals surface area contributed by atoms with Gasteiger partial charge in [-0.25, -0.2) is 13.4 Å². The van der Waals surface area contributed by atoms with Crippen molar-refractivity contribution in [2.45, 2.75) is 17.8 Å². The number of hydrogen-bond donors (Lipinski definition) is 0. The molecule has 0 aliphatic carbocycles. The molecule has 2 aromatic rings. The molecule has 0 fully saturated rings. The Morgan fingerprint density at radius 3 is 2.58 bits per heavy atom. The van der Waals surface area contributed by atoms with Gasteiger partial charge in [-0.15, -0.1) is 13.2 Å². The van der Waals surface area contributed by atoms with Crippen molar-refractivity contribution in [1.82, 2.24) is 9.55 Å². The molecule has 1 aromatic heterocycles. The van der Waals surface area contributed by atoms with E-state index < -0.39 is 34.3 Å². The number of halogens is 5.